The predicted molar refractivity (Wildman–Crippen MR) is 69.4 cm³/mol. The summed E-state index contributed by atoms with van der Waals surface area (Å²) in [5, 5.41) is 20.8. The van der Waals surface area contributed by atoms with Gasteiger partial charge in [0.15, 0.2) is 5.90 Å². The minimum absolute atomic E-state index is 0.0110. The van der Waals surface area contributed by atoms with Crippen molar-refractivity contribution in [2.75, 3.05) is 13.2 Å². The van der Waals surface area contributed by atoms with Crippen molar-refractivity contribution >= 4 is 5.90 Å². The second kappa shape index (κ2) is 6.36. The second-order valence-electron chi connectivity index (χ2n) is 4.83. The van der Waals surface area contributed by atoms with E-state index in [-0.39, 0.29) is 18.1 Å². The molecule has 0 aromatic carbocycles. The number of hydrogen-bond acceptors (Lipinski definition) is 4. The van der Waals surface area contributed by atoms with Gasteiger partial charge in [-0.2, -0.15) is 0 Å². The third-order valence-corrected chi connectivity index (χ3v) is 4.06. The summed E-state index contributed by atoms with van der Waals surface area (Å²) in [5.74, 6) is 0.359. The molecular formula is C13H26N2O2. The van der Waals surface area contributed by atoms with Crippen molar-refractivity contribution in [2.45, 2.75) is 58.6 Å². The first-order valence-electron chi connectivity index (χ1n) is 6.74. The summed E-state index contributed by atoms with van der Waals surface area (Å²) in [6.45, 7) is 7.17. The summed E-state index contributed by atoms with van der Waals surface area (Å²) >= 11 is 0. The molecule has 0 spiro atoms. The van der Waals surface area contributed by atoms with E-state index in [1.165, 1.54) is 0 Å². The molecule has 1 aliphatic rings. The van der Waals surface area contributed by atoms with Crippen LogP contribution in [0.4, 0.5) is 0 Å². The van der Waals surface area contributed by atoms with Crippen LogP contribution >= 0.6 is 0 Å². The standard InChI is InChI=1S/C13H26N2O2/c1-4-10(9-16)17-12(14)13(6-3)7-8-15-11(13)5-2/h10-11,14-16H,4-9H2,1-3H3/t10?,11?,13-/m0/s1. The average molecular weight is 242 g/mol. The van der Waals surface area contributed by atoms with Gasteiger partial charge in [0.1, 0.15) is 6.10 Å². The van der Waals surface area contributed by atoms with Crippen molar-refractivity contribution in [3.05, 3.63) is 0 Å². The summed E-state index contributed by atoms with van der Waals surface area (Å²) in [6, 6.07) is 0.330. The molecule has 0 saturated carbocycles. The first-order valence-corrected chi connectivity index (χ1v) is 6.74. The van der Waals surface area contributed by atoms with Crippen LogP contribution in [0.5, 0.6) is 0 Å². The summed E-state index contributed by atoms with van der Waals surface area (Å²) < 4.78 is 5.65. The number of nitrogens with one attached hydrogen (secondary N) is 2. The molecule has 3 atom stereocenters. The van der Waals surface area contributed by atoms with Crippen molar-refractivity contribution in [3.8, 4) is 0 Å². The lowest BCUT2D eigenvalue weighted by Crippen LogP contribution is -2.44. The summed E-state index contributed by atoms with van der Waals surface area (Å²) in [4.78, 5) is 0. The highest BCUT2D eigenvalue weighted by molar-refractivity contribution is 5.81. The van der Waals surface area contributed by atoms with Crippen LogP contribution in [0, 0.1) is 10.8 Å². The van der Waals surface area contributed by atoms with Crippen LogP contribution in [-0.4, -0.2) is 36.3 Å². The lowest BCUT2D eigenvalue weighted by Gasteiger charge is -2.35. The maximum atomic E-state index is 9.16. The Hall–Kier alpha value is -0.610. The molecule has 4 heteroatoms. The molecule has 2 unspecified atom stereocenters. The van der Waals surface area contributed by atoms with Crippen molar-refractivity contribution in [3.63, 3.8) is 0 Å². The van der Waals surface area contributed by atoms with E-state index in [2.05, 4.69) is 19.2 Å². The Morgan fingerprint density at radius 1 is 1.53 bits per heavy atom. The Balaban J connectivity index is 2.75. The molecule has 17 heavy (non-hydrogen) atoms. The summed E-state index contributed by atoms with van der Waals surface area (Å²) in [7, 11) is 0. The Labute approximate surface area is 104 Å². The fourth-order valence-electron chi connectivity index (χ4n) is 2.76. The Bertz CT molecular complexity index is 254. The number of hydrogen-bond donors (Lipinski definition) is 3. The van der Waals surface area contributed by atoms with E-state index in [0.717, 1.165) is 32.2 Å². The van der Waals surface area contributed by atoms with Gasteiger partial charge in [-0.15, -0.1) is 0 Å². The van der Waals surface area contributed by atoms with E-state index < -0.39 is 0 Å². The summed E-state index contributed by atoms with van der Waals surface area (Å²) in [5.41, 5.74) is -0.169. The topological polar surface area (TPSA) is 65.3 Å². The SMILES string of the molecule is CCC(CO)OC(=N)[C@@]1(CC)CCNC1CC. The van der Waals surface area contributed by atoms with Crippen LogP contribution in [0.25, 0.3) is 0 Å². The highest BCUT2D eigenvalue weighted by atomic mass is 16.5. The van der Waals surface area contributed by atoms with E-state index in [9.17, 15) is 0 Å². The van der Waals surface area contributed by atoms with Gasteiger partial charge in [0.05, 0.1) is 12.0 Å². The van der Waals surface area contributed by atoms with Gasteiger partial charge in [-0.25, -0.2) is 0 Å². The smallest absolute Gasteiger partial charge is 0.188 e. The number of rotatable bonds is 6. The third kappa shape index (κ3) is 2.80. The van der Waals surface area contributed by atoms with Gasteiger partial charge < -0.3 is 15.2 Å². The van der Waals surface area contributed by atoms with Gasteiger partial charge in [-0.1, -0.05) is 20.8 Å². The normalized spacial score (nSPS) is 30.2. The zero-order valence-electron chi connectivity index (χ0n) is 11.3. The molecule has 0 aromatic rings. The van der Waals surface area contributed by atoms with E-state index in [0.29, 0.717) is 11.9 Å². The lowest BCUT2D eigenvalue weighted by atomic mass is 9.76. The fraction of sp³-hybridized carbons (Fsp3) is 0.923. The van der Waals surface area contributed by atoms with Crippen LogP contribution in [0.3, 0.4) is 0 Å². The Kier molecular flexibility index (Phi) is 5.40. The van der Waals surface area contributed by atoms with Crippen LogP contribution in [0.2, 0.25) is 0 Å². The molecular weight excluding hydrogens is 216 g/mol. The van der Waals surface area contributed by atoms with Crippen molar-refractivity contribution < 1.29 is 9.84 Å². The first kappa shape index (κ1) is 14.5. The third-order valence-electron chi connectivity index (χ3n) is 4.06. The molecule has 0 aromatic heterocycles. The Morgan fingerprint density at radius 3 is 2.71 bits per heavy atom. The molecule has 1 rings (SSSR count). The van der Waals surface area contributed by atoms with Gasteiger partial charge in [0.25, 0.3) is 0 Å². The van der Waals surface area contributed by atoms with Crippen LogP contribution in [0.15, 0.2) is 0 Å². The van der Waals surface area contributed by atoms with Gasteiger partial charge in [-0.3, -0.25) is 5.41 Å². The maximum absolute atomic E-state index is 9.16. The van der Waals surface area contributed by atoms with E-state index in [1.54, 1.807) is 0 Å². The zero-order chi connectivity index (χ0) is 12.9. The van der Waals surface area contributed by atoms with Crippen LogP contribution in [0.1, 0.15) is 46.5 Å². The fourth-order valence-corrected chi connectivity index (χ4v) is 2.76. The van der Waals surface area contributed by atoms with Gasteiger partial charge in [0, 0.05) is 6.04 Å². The number of aliphatic hydroxyl groups is 1. The Morgan fingerprint density at radius 2 is 2.24 bits per heavy atom. The van der Waals surface area contributed by atoms with Crippen LogP contribution in [-0.2, 0) is 4.74 Å². The molecule has 100 valence electrons. The molecule has 1 saturated heterocycles. The molecule has 3 N–H and O–H groups in total. The number of aliphatic hydroxyl groups excluding tert-OH is 1. The summed E-state index contributed by atoms with van der Waals surface area (Å²) in [6.07, 6.45) is 3.39. The molecule has 1 heterocycles. The molecule has 0 radical (unpaired) electrons. The lowest BCUT2D eigenvalue weighted by molar-refractivity contribution is 0.0807. The molecule has 0 aliphatic carbocycles. The molecule has 0 amide bonds. The molecule has 4 nitrogen and oxygen atoms in total. The monoisotopic (exact) mass is 242 g/mol. The van der Waals surface area contributed by atoms with Gasteiger partial charge in [-0.05, 0) is 32.2 Å². The number of ether oxygens (including phenoxy) is 1. The minimum atomic E-state index is -0.232. The highest BCUT2D eigenvalue weighted by Crippen LogP contribution is 2.38. The molecule has 0 bridgehead atoms. The van der Waals surface area contributed by atoms with Crippen molar-refractivity contribution in [1.82, 2.24) is 5.32 Å². The zero-order valence-corrected chi connectivity index (χ0v) is 11.3. The first-order chi connectivity index (χ1) is 8.14. The van der Waals surface area contributed by atoms with Crippen molar-refractivity contribution in [2.24, 2.45) is 5.41 Å². The minimum Gasteiger partial charge on any atom is -0.475 e. The largest absolute Gasteiger partial charge is 0.475 e. The molecule has 1 aliphatic heterocycles. The second-order valence-corrected chi connectivity index (χ2v) is 4.83. The van der Waals surface area contributed by atoms with Crippen LogP contribution < -0.4 is 5.32 Å². The molecule has 1 fully saturated rings. The quantitative estimate of drug-likeness (QED) is 0.492. The van der Waals surface area contributed by atoms with Gasteiger partial charge in [0.2, 0.25) is 0 Å². The van der Waals surface area contributed by atoms with Gasteiger partial charge >= 0.3 is 0 Å². The highest BCUT2D eigenvalue weighted by Gasteiger charge is 2.45. The predicted octanol–water partition coefficient (Wildman–Crippen LogP) is 1.92. The van der Waals surface area contributed by atoms with Crippen molar-refractivity contribution in [1.29, 1.82) is 5.41 Å². The van der Waals surface area contributed by atoms with E-state index >= 15 is 0 Å². The van der Waals surface area contributed by atoms with E-state index in [4.69, 9.17) is 15.3 Å². The van der Waals surface area contributed by atoms with E-state index in [1.807, 2.05) is 6.92 Å². The maximum Gasteiger partial charge on any atom is 0.188 e. The average Bonchev–Trinajstić information content (AvgIpc) is 2.79.